The van der Waals surface area contributed by atoms with E-state index < -0.39 is 11.7 Å². The van der Waals surface area contributed by atoms with E-state index in [2.05, 4.69) is 5.32 Å². The van der Waals surface area contributed by atoms with Crippen LogP contribution in [0, 0.1) is 0 Å². The van der Waals surface area contributed by atoms with Gasteiger partial charge in [-0.3, -0.25) is 0 Å². The van der Waals surface area contributed by atoms with E-state index >= 15 is 0 Å². The van der Waals surface area contributed by atoms with Gasteiger partial charge < -0.3 is 10.1 Å². The molecule has 2 rings (SSSR count). The van der Waals surface area contributed by atoms with Gasteiger partial charge in [0.25, 0.3) is 0 Å². The standard InChI is InChI=1S/C10H16N2O3/c1-10(2,3)15-9(14)12-7-5-4-6(7)11-8(12)13/h6-7H,4-5H2,1-3H3,(H,11,13). The number of nitrogens with one attached hydrogen (secondary N) is 1. The molecule has 1 aliphatic carbocycles. The number of hydrogen-bond acceptors (Lipinski definition) is 3. The van der Waals surface area contributed by atoms with Crippen LogP contribution in [0.25, 0.3) is 0 Å². The van der Waals surface area contributed by atoms with Gasteiger partial charge in [0.1, 0.15) is 5.60 Å². The highest BCUT2D eigenvalue weighted by atomic mass is 16.6. The number of imide groups is 1. The minimum atomic E-state index is -0.556. The van der Waals surface area contributed by atoms with Crippen LogP contribution in [0.4, 0.5) is 9.59 Å². The van der Waals surface area contributed by atoms with E-state index in [1.54, 1.807) is 20.8 Å². The molecule has 2 aliphatic rings. The summed E-state index contributed by atoms with van der Waals surface area (Å²) in [5.41, 5.74) is -0.556. The number of fused-ring (bicyclic) bond motifs is 1. The highest BCUT2D eigenvalue weighted by Gasteiger charge is 2.49. The number of rotatable bonds is 0. The summed E-state index contributed by atoms with van der Waals surface area (Å²) in [5.74, 6) is 0. The van der Waals surface area contributed by atoms with Crippen LogP contribution in [0.1, 0.15) is 33.6 Å². The molecule has 0 aromatic carbocycles. The molecule has 5 nitrogen and oxygen atoms in total. The molecule has 0 spiro atoms. The van der Waals surface area contributed by atoms with Crippen LogP contribution >= 0.6 is 0 Å². The van der Waals surface area contributed by atoms with Crippen molar-refractivity contribution < 1.29 is 14.3 Å². The average Bonchev–Trinajstić information content (AvgIpc) is 2.23. The molecule has 5 heteroatoms. The third-order valence-corrected chi connectivity index (χ3v) is 2.69. The fourth-order valence-corrected chi connectivity index (χ4v) is 1.87. The molecule has 2 unspecified atom stereocenters. The molecule has 3 amide bonds. The number of urea groups is 1. The molecule has 2 atom stereocenters. The zero-order valence-electron chi connectivity index (χ0n) is 9.24. The second-order valence-corrected chi connectivity index (χ2v) is 5.05. The lowest BCUT2D eigenvalue weighted by Gasteiger charge is -2.33. The molecule has 15 heavy (non-hydrogen) atoms. The molecule has 1 heterocycles. The van der Waals surface area contributed by atoms with Crippen LogP contribution < -0.4 is 5.32 Å². The summed E-state index contributed by atoms with van der Waals surface area (Å²) in [7, 11) is 0. The fourth-order valence-electron chi connectivity index (χ4n) is 1.87. The van der Waals surface area contributed by atoms with Gasteiger partial charge in [0.05, 0.1) is 12.1 Å². The van der Waals surface area contributed by atoms with Crippen LogP contribution in [0.2, 0.25) is 0 Å². The molecule has 1 saturated carbocycles. The molecule has 0 aromatic rings. The Labute approximate surface area is 88.8 Å². The van der Waals surface area contributed by atoms with Crippen molar-refractivity contribution in [1.82, 2.24) is 10.2 Å². The maximum atomic E-state index is 11.7. The van der Waals surface area contributed by atoms with Crippen molar-refractivity contribution >= 4 is 12.1 Å². The number of hydrogen-bond donors (Lipinski definition) is 1. The largest absolute Gasteiger partial charge is 0.443 e. The second-order valence-electron chi connectivity index (χ2n) is 5.05. The van der Waals surface area contributed by atoms with Crippen LogP contribution in [0.5, 0.6) is 0 Å². The first kappa shape index (κ1) is 10.3. The third kappa shape index (κ3) is 1.78. The first-order valence-electron chi connectivity index (χ1n) is 5.21. The summed E-state index contributed by atoms with van der Waals surface area (Å²) in [5, 5.41) is 2.76. The average molecular weight is 212 g/mol. The lowest BCUT2D eigenvalue weighted by Crippen LogP contribution is -2.48. The molecule has 1 N–H and O–H groups in total. The van der Waals surface area contributed by atoms with E-state index in [1.165, 1.54) is 4.90 Å². The molecular weight excluding hydrogens is 196 g/mol. The van der Waals surface area contributed by atoms with Crippen molar-refractivity contribution in [1.29, 1.82) is 0 Å². The smallest absolute Gasteiger partial charge is 0.418 e. The van der Waals surface area contributed by atoms with E-state index in [0.29, 0.717) is 0 Å². The Morgan fingerprint density at radius 3 is 2.53 bits per heavy atom. The predicted octanol–water partition coefficient (Wildman–Crippen LogP) is 1.48. The van der Waals surface area contributed by atoms with Crippen LogP contribution in [0.3, 0.4) is 0 Å². The monoisotopic (exact) mass is 212 g/mol. The van der Waals surface area contributed by atoms with Crippen molar-refractivity contribution in [2.24, 2.45) is 0 Å². The fraction of sp³-hybridized carbons (Fsp3) is 0.800. The summed E-state index contributed by atoms with van der Waals surface area (Å²) >= 11 is 0. The third-order valence-electron chi connectivity index (χ3n) is 2.69. The van der Waals surface area contributed by atoms with E-state index in [9.17, 15) is 9.59 Å². The van der Waals surface area contributed by atoms with Crippen molar-refractivity contribution in [2.45, 2.75) is 51.3 Å². The molecule has 0 radical (unpaired) electrons. The highest BCUT2D eigenvalue weighted by molar-refractivity contribution is 5.94. The minimum absolute atomic E-state index is 0.00681. The molecule has 2 fully saturated rings. The maximum Gasteiger partial charge on any atom is 0.418 e. The summed E-state index contributed by atoms with van der Waals surface area (Å²) < 4.78 is 5.17. The van der Waals surface area contributed by atoms with Gasteiger partial charge in [0, 0.05) is 0 Å². The van der Waals surface area contributed by atoms with Gasteiger partial charge >= 0.3 is 12.1 Å². The first-order chi connectivity index (χ1) is 6.88. The second kappa shape index (κ2) is 3.12. The van der Waals surface area contributed by atoms with Gasteiger partial charge in [-0.05, 0) is 33.6 Å². The SMILES string of the molecule is CC(C)(C)OC(=O)N1C(=O)NC2CCC21. The van der Waals surface area contributed by atoms with Gasteiger partial charge in [-0.15, -0.1) is 0 Å². The zero-order chi connectivity index (χ0) is 11.2. The van der Waals surface area contributed by atoms with E-state index in [4.69, 9.17) is 4.74 Å². The lowest BCUT2D eigenvalue weighted by molar-refractivity contribution is 0.0239. The molecule has 0 bridgehead atoms. The predicted molar refractivity (Wildman–Crippen MR) is 53.4 cm³/mol. The Morgan fingerprint density at radius 2 is 2.13 bits per heavy atom. The maximum absolute atomic E-state index is 11.7. The van der Waals surface area contributed by atoms with Crippen LogP contribution in [0.15, 0.2) is 0 Å². The Morgan fingerprint density at radius 1 is 1.47 bits per heavy atom. The number of ether oxygens (including phenoxy) is 1. The van der Waals surface area contributed by atoms with Gasteiger partial charge in [-0.1, -0.05) is 0 Å². The van der Waals surface area contributed by atoms with Gasteiger partial charge in [0.2, 0.25) is 0 Å². The normalized spacial score (nSPS) is 29.3. The Balaban J connectivity index is 2.04. The molecular formula is C10H16N2O3. The number of amides is 3. The highest BCUT2D eigenvalue weighted by Crippen LogP contribution is 2.31. The van der Waals surface area contributed by atoms with Gasteiger partial charge in [0.15, 0.2) is 0 Å². The molecule has 0 aromatic heterocycles. The summed E-state index contributed by atoms with van der Waals surface area (Å²) in [6, 6.07) is -0.172. The summed E-state index contributed by atoms with van der Waals surface area (Å²) in [4.78, 5) is 24.4. The lowest BCUT2D eigenvalue weighted by atomic mass is 9.87. The van der Waals surface area contributed by atoms with Crippen LogP contribution in [-0.4, -0.2) is 34.7 Å². The summed E-state index contributed by atoms with van der Waals surface area (Å²) in [6.45, 7) is 5.37. The van der Waals surface area contributed by atoms with Crippen molar-refractivity contribution in [3.63, 3.8) is 0 Å². The molecule has 1 saturated heterocycles. The van der Waals surface area contributed by atoms with E-state index in [1.807, 2.05) is 0 Å². The van der Waals surface area contributed by atoms with Gasteiger partial charge in [-0.2, -0.15) is 0 Å². The summed E-state index contributed by atoms with van der Waals surface area (Å²) in [6.07, 6.45) is 1.30. The quantitative estimate of drug-likeness (QED) is 0.661. The van der Waals surface area contributed by atoms with Crippen molar-refractivity contribution in [2.75, 3.05) is 0 Å². The molecule has 1 aliphatic heterocycles. The van der Waals surface area contributed by atoms with Gasteiger partial charge in [-0.25, -0.2) is 14.5 Å². The van der Waals surface area contributed by atoms with Crippen molar-refractivity contribution in [3.8, 4) is 0 Å². The zero-order valence-corrected chi connectivity index (χ0v) is 9.24. The topological polar surface area (TPSA) is 58.6 Å². The number of nitrogens with zero attached hydrogens (tertiary/aromatic N) is 1. The Hall–Kier alpha value is -1.26. The van der Waals surface area contributed by atoms with Crippen LogP contribution in [-0.2, 0) is 4.74 Å². The number of carbonyl (C=O) groups is 2. The Bertz CT molecular complexity index is 308. The Kier molecular flexibility index (Phi) is 2.13. The van der Waals surface area contributed by atoms with E-state index in [0.717, 1.165) is 12.8 Å². The van der Waals surface area contributed by atoms with E-state index in [-0.39, 0.29) is 18.1 Å². The number of carbonyl (C=O) groups excluding carboxylic acids is 2. The first-order valence-corrected chi connectivity index (χ1v) is 5.21. The minimum Gasteiger partial charge on any atom is -0.443 e. The van der Waals surface area contributed by atoms with Crippen molar-refractivity contribution in [3.05, 3.63) is 0 Å². The molecule has 84 valence electrons.